The molecule has 0 aromatic carbocycles. The van der Waals surface area contributed by atoms with Gasteiger partial charge in [-0.1, -0.05) is 13.0 Å². The number of fused-ring (bicyclic) bond motifs is 1. The third-order valence-electron chi connectivity index (χ3n) is 4.12. The van der Waals surface area contributed by atoms with Gasteiger partial charge in [-0.25, -0.2) is 9.78 Å². The van der Waals surface area contributed by atoms with Crippen molar-refractivity contribution in [3.63, 3.8) is 0 Å². The van der Waals surface area contributed by atoms with Gasteiger partial charge in [0.25, 0.3) is 0 Å². The minimum absolute atomic E-state index is 0.295. The Hall–Kier alpha value is -1.88. The van der Waals surface area contributed by atoms with Gasteiger partial charge in [-0.05, 0) is 38.1 Å². The predicted octanol–water partition coefficient (Wildman–Crippen LogP) is 2.23. The molecule has 1 N–H and O–H groups in total. The van der Waals surface area contributed by atoms with E-state index in [9.17, 15) is 9.90 Å². The molecule has 0 bridgehead atoms. The molecular weight excluding hydrogens is 254 g/mol. The van der Waals surface area contributed by atoms with E-state index >= 15 is 0 Å². The lowest BCUT2D eigenvalue weighted by Crippen LogP contribution is -2.35. The van der Waals surface area contributed by atoms with E-state index in [1.807, 2.05) is 6.07 Å². The van der Waals surface area contributed by atoms with E-state index in [1.165, 1.54) is 0 Å². The van der Waals surface area contributed by atoms with Gasteiger partial charge in [0.2, 0.25) is 0 Å². The van der Waals surface area contributed by atoms with Crippen LogP contribution >= 0.6 is 0 Å². The van der Waals surface area contributed by atoms with E-state index < -0.39 is 5.97 Å². The molecule has 2 aromatic rings. The number of carboxylic acid groups (broad SMARTS) is 1. The van der Waals surface area contributed by atoms with Crippen molar-refractivity contribution in [3.8, 4) is 0 Å². The summed E-state index contributed by atoms with van der Waals surface area (Å²) >= 11 is 0. The number of likely N-dealkylation sites (N-methyl/N-ethyl adjacent to an activating group) is 1. The second kappa shape index (κ2) is 5.25. The molecule has 0 aliphatic carbocycles. The number of carbonyl (C=O) groups is 1. The molecule has 3 heterocycles. The molecule has 1 fully saturated rings. The maximum absolute atomic E-state index is 11.4. The van der Waals surface area contributed by atoms with Gasteiger partial charge < -0.3 is 10.0 Å². The number of nitrogens with zero attached hydrogens (tertiary/aromatic N) is 3. The van der Waals surface area contributed by atoms with E-state index in [1.54, 1.807) is 22.7 Å². The summed E-state index contributed by atoms with van der Waals surface area (Å²) in [7, 11) is 0. The van der Waals surface area contributed by atoms with Crippen molar-refractivity contribution in [1.29, 1.82) is 0 Å². The minimum Gasteiger partial charge on any atom is -0.477 e. The van der Waals surface area contributed by atoms with E-state index in [0.29, 0.717) is 11.6 Å². The largest absolute Gasteiger partial charge is 0.477 e. The molecule has 1 aliphatic heterocycles. The van der Waals surface area contributed by atoms with Gasteiger partial charge in [0.1, 0.15) is 11.5 Å². The topological polar surface area (TPSA) is 57.8 Å². The van der Waals surface area contributed by atoms with Crippen molar-refractivity contribution in [2.75, 3.05) is 19.6 Å². The fourth-order valence-corrected chi connectivity index (χ4v) is 3.08. The number of hydrogen-bond acceptors (Lipinski definition) is 3. The zero-order valence-corrected chi connectivity index (χ0v) is 11.6. The molecule has 1 atom stereocenters. The Balaban J connectivity index is 2.05. The molecule has 20 heavy (non-hydrogen) atoms. The number of rotatable bonds is 3. The molecule has 5 heteroatoms. The van der Waals surface area contributed by atoms with Crippen molar-refractivity contribution < 1.29 is 9.90 Å². The summed E-state index contributed by atoms with van der Waals surface area (Å²) in [6.07, 6.45) is 3.99. The summed E-state index contributed by atoms with van der Waals surface area (Å²) in [5.74, 6) is 0.292. The Labute approximate surface area is 117 Å². The molecule has 0 spiro atoms. The van der Waals surface area contributed by atoms with E-state index in [-0.39, 0.29) is 0 Å². The molecule has 0 amide bonds. The Bertz CT molecular complexity index is 635. The summed E-state index contributed by atoms with van der Waals surface area (Å²) in [4.78, 5) is 18.3. The Kier molecular flexibility index (Phi) is 3.44. The average Bonchev–Trinajstić information content (AvgIpc) is 2.91. The first-order valence-corrected chi connectivity index (χ1v) is 7.12. The van der Waals surface area contributed by atoms with Crippen LogP contribution < -0.4 is 0 Å². The van der Waals surface area contributed by atoms with Crippen LogP contribution in [-0.4, -0.2) is 45.0 Å². The van der Waals surface area contributed by atoms with Gasteiger partial charge >= 0.3 is 5.97 Å². The van der Waals surface area contributed by atoms with Crippen LogP contribution in [0.3, 0.4) is 0 Å². The third kappa shape index (κ3) is 2.18. The highest BCUT2D eigenvalue weighted by Gasteiger charge is 2.25. The van der Waals surface area contributed by atoms with Crippen molar-refractivity contribution in [3.05, 3.63) is 35.9 Å². The van der Waals surface area contributed by atoms with Crippen molar-refractivity contribution >= 4 is 11.5 Å². The number of piperidine rings is 1. The molecule has 0 saturated carbocycles. The van der Waals surface area contributed by atoms with Gasteiger partial charge in [-0.15, -0.1) is 0 Å². The van der Waals surface area contributed by atoms with Gasteiger partial charge in [-0.2, -0.15) is 0 Å². The van der Waals surface area contributed by atoms with Gasteiger partial charge in [0.15, 0.2) is 0 Å². The van der Waals surface area contributed by atoms with Crippen molar-refractivity contribution in [2.24, 2.45) is 0 Å². The SMILES string of the molecule is CCN1CCCC(c2ncc3cccc(C(=O)O)n23)C1. The molecule has 106 valence electrons. The fourth-order valence-electron chi connectivity index (χ4n) is 3.08. The van der Waals surface area contributed by atoms with Crippen LogP contribution in [-0.2, 0) is 0 Å². The zero-order chi connectivity index (χ0) is 14.1. The summed E-state index contributed by atoms with van der Waals surface area (Å²) in [5, 5.41) is 9.36. The van der Waals surface area contributed by atoms with E-state index in [2.05, 4.69) is 16.8 Å². The highest BCUT2D eigenvalue weighted by Crippen LogP contribution is 2.27. The van der Waals surface area contributed by atoms with Crippen LogP contribution in [0.4, 0.5) is 0 Å². The van der Waals surface area contributed by atoms with E-state index in [0.717, 1.165) is 43.8 Å². The predicted molar refractivity (Wildman–Crippen MR) is 76.2 cm³/mol. The normalized spacial score (nSPS) is 20.4. The standard InChI is InChI=1S/C15H19N3O2/c1-2-17-8-4-5-11(10-17)14-16-9-12-6-3-7-13(15(19)20)18(12)14/h3,6-7,9,11H,2,4-5,8,10H2,1H3,(H,19,20). The maximum atomic E-state index is 11.4. The number of likely N-dealkylation sites (tertiary alicyclic amines) is 1. The van der Waals surface area contributed by atoms with Gasteiger partial charge in [0, 0.05) is 12.5 Å². The fraction of sp³-hybridized carbons (Fsp3) is 0.467. The van der Waals surface area contributed by atoms with Crippen LogP contribution in [0.2, 0.25) is 0 Å². The maximum Gasteiger partial charge on any atom is 0.352 e. The lowest BCUT2D eigenvalue weighted by molar-refractivity contribution is 0.0688. The zero-order valence-electron chi connectivity index (χ0n) is 11.6. The monoisotopic (exact) mass is 273 g/mol. The summed E-state index contributed by atoms with van der Waals surface area (Å²) in [5.41, 5.74) is 1.15. The molecular formula is C15H19N3O2. The molecule has 5 nitrogen and oxygen atoms in total. The van der Waals surface area contributed by atoms with E-state index in [4.69, 9.17) is 0 Å². The number of hydrogen-bond donors (Lipinski definition) is 1. The molecule has 3 rings (SSSR count). The molecule has 1 saturated heterocycles. The summed E-state index contributed by atoms with van der Waals surface area (Å²) in [6.45, 7) is 5.28. The Morgan fingerprint density at radius 3 is 3.10 bits per heavy atom. The first-order chi connectivity index (χ1) is 9.70. The number of imidazole rings is 1. The van der Waals surface area contributed by atoms with Crippen LogP contribution in [0.15, 0.2) is 24.4 Å². The van der Waals surface area contributed by atoms with Crippen molar-refractivity contribution in [2.45, 2.75) is 25.7 Å². The quantitative estimate of drug-likeness (QED) is 0.931. The van der Waals surface area contributed by atoms with Crippen LogP contribution in [0.1, 0.15) is 42.0 Å². The van der Waals surface area contributed by atoms with Crippen molar-refractivity contribution in [1.82, 2.24) is 14.3 Å². The number of pyridine rings is 1. The molecule has 1 aliphatic rings. The second-order valence-electron chi connectivity index (χ2n) is 5.33. The smallest absolute Gasteiger partial charge is 0.352 e. The number of carboxylic acids is 1. The highest BCUT2D eigenvalue weighted by molar-refractivity contribution is 5.86. The molecule has 1 unspecified atom stereocenters. The highest BCUT2D eigenvalue weighted by atomic mass is 16.4. The summed E-state index contributed by atoms with van der Waals surface area (Å²) in [6, 6.07) is 5.31. The first kappa shape index (κ1) is 13.1. The number of aromatic nitrogens is 2. The van der Waals surface area contributed by atoms with Gasteiger partial charge in [0.05, 0.1) is 11.7 Å². The lowest BCUT2D eigenvalue weighted by atomic mass is 9.97. The molecule has 2 aromatic heterocycles. The Morgan fingerprint density at radius 1 is 1.50 bits per heavy atom. The Morgan fingerprint density at radius 2 is 2.35 bits per heavy atom. The van der Waals surface area contributed by atoms with Crippen LogP contribution in [0.25, 0.3) is 5.52 Å². The average molecular weight is 273 g/mol. The second-order valence-corrected chi connectivity index (χ2v) is 5.33. The number of aromatic carboxylic acids is 1. The van der Waals surface area contributed by atoms with Crippen LogP contribution in [0.5, 0.6) is 0 Å². The summed E-state index contributed by atoms with van der Waals surface area (Å²) < 4.78 is 1.80. The first-order valence-electron chi connectivity index (χ1n) is 7.12. The lowest BCUT2D eigenvalue weighted by Gasteiger charge is -2.31. The minimum atomic E-state index is -0.905. The van der Waals surface area contributed by atoms with Gasteiger partial charge in [-0.3, -0.25) is 4.40 Å². The van der Waals surface area contributed by atoms with Crippen LogP contribution in [0, 0.1) is 0 Å². The molecule has 0 radical (unpaired) electrons. The third-order valence-corrected chi connectivity index (χ3v) is 4.12.